The normalized spacial score (nSPS) is 28.1. The van der Waals surface area contributed by atoms with Gasteiger partial charge in [0.1, 0.15) is 0 Å². The molecule has 2 fully saturated rings. The van der Waals surface area contributed by atoms with Crippen molar-refractivity contribution >= 4 is 21.6 Å². The molecule has 3 heteroatoms. The van der Waals surface area contributed by atoms with Crippen LogP contribution in [0, 0.1) is 17.8 Å². The quantitative estimate of drug-likeness (QED) is 0.872. The largest absolute Gasteiger partial charge is 0.373 e. The van der Waals surface area contributed by atoms with Gasteiger partial charge in [0.05, 0.1) is 5.69 Å². The molecule has 0 aliphatic heterocycles. The average molecular weight is 337 g/mol. The van der Waals surface area contributed by atoms with Crippen LogP contribution in [0.2, 0.25) is 0 Å². The van der Waals surface area contributed by atoms with E-state index in [4.69, 9.17) is 0 Å². The van der Waals surface area contributed by atoms with E-state index < -0.39 is 0 Å². The maximum atomic E-state index is 3.74. The maximum Gasteiger partial charge on any atom is 0.0508 e. The van der Waals surface area contributed by atoms with Gasteiger partial charge in [-0.3, -0.25) is 0 Å². The van der Waals surface area contributed by atoms with Crippen molar-refractivity contribution in [1.29, 1.82) is 0 Å². The number of nitrogens with one attached hydrogen (secondary N) is 1. The Morgan fingerprint density at radius 3 is 2.75 bits per heavy atom. The molecule has 0 amide bonds. The van der Waals surface area contributed by atoms with Crippen molar-refractivity contribution in [3.8, 4) is 0 Å². The summed E-state index contributed by atoms with van der Waals surface area (Å²) in [6.45, 7) is 2.14. The molecule has 3 atom stereocenters. The molecular formula is C17H25BrN2. The lowest BCUT2D eigenvalue weighted by atomic mass is 9.88. The summed E-state index contributed by atoms with van der Waals surface area (Å²) in [7, 11) is 4.23. The molecule has 2 aliphatic carbocycles. The van der Waals surface area contributed by atoms with Crippen LogP contribution in [0.4, 0.5) is 5.69 Å². The van der Waals surface area contributed by atoms with Crippen molar-refractivity contribution in [3.63, 3.8) is 0 Å². The molecule has 0 radical (unpaired) electrons. The van der Waals surface area contributed by atoms with E-state index in [-0.39, 0.29) is 0 Å². The maximum absolute atomic E-state index is 3.74. The Labute approximate surface area is 131 Å². The molecule has 1 aromatic carbocycles. The van der Waals surface area contributed by atoms with Crippen molar-refractivity contribution in [2.45, 2.75) is 32.2 Å². The lowest BCUT2D eigenvalue weighted by molar-refractivity contribution is 0.337. The van der Waals surface area contributed by atoms with Crippen LogP contribution in [0.3, 0.4) is 0 Å². The van der Waals surface area contributed by atoms with Crippen molar-refractivity contribution in [2.75, 3.05) is 25.5 Å². The first kappa shape index (κ1) is 14.4. The summed E-state index contributed by atoms with van der Waals surface area (Å²) in [4.78, 5) is 2.44. The Hall–Kier alpha value is -0.540. The summed E-state index contributed by atoms with van der Waals surface area (Å²) >= 11 is 3.74. The minimum atomic E-state index is 0.919. The van der Waals surface area contributed by atoms with Gasteiger partial charge < -0.3 is 10.2 Å². The minimum absolute atomic E-state index is 0.919. The Morgan fingerprint density at radius 2 is 2.15 bits per heavy atom. The summed E-state index contributed by atoms with van der Waals surface area (Å²) in [5.74, 6) is 2.97. The number of hydrogen-bond donors (Lipinski definition) is 1. The molecule has 0 saturated heterocycles. The highest BCUT2D eigenvalue weighted by Gasteiger charge is 2.39. The Balaban J connectivity index is 1.66. The number of nitrogens with zero attached hydrogens (tertiary/aromatic N) is 1. The molecule has 2 saturated carbocycles. The molecule has 1 N–H and O–H groups in total. The van der Waals surface area contributed by atoms with E-state index in [1.807, 2.05) is 7.05 Å². The Bertz CT molecular complexity index is 474. The first-order valence-electron chi connectivity index (χ1n) is 7.81. The molecule has 20 heavy (non-hydrogen) atoms. The predicted molar refractivity (Wildman–Crippen MR) is 89.1 cm³/mol. The Morgan fingerprint density at radius 1 is 1.30 bits per heavy atom. The molecule has 0 aromatic heterocycles. The van der Waals surface area contributed by atoms with E-state index in [1.54, 1.807) is 0 Å². The lowest BCUT2D eigenvalue weighted by Gasteiger charge is -2.29. The smallest absolute Gasteiger partial charge is 0.0508 e. The molecule has 0 spiro atoms. The van der Waals surface area contributed by atoms with E-state index in [0.717, 1.165) is 24.3 Å². The number of halogens is 1. The predicted octanol–water partition coefficient (Wildman–Crippen LogP) is 4.04. The monoisotopic (exact) mass is 336 g/mol. The zero-order valence-electron chi connectivity index (χ0n) is 12.5. The topological polar surface area (TPSA) is 15.3 Å². The van der Waals surface area contributed by atoms with Crippen LogP contribution in [-0.2, 0) is 6.54 Å². The third-order valence-electron chi connectivity index (χ3n) is 5.20. The van der Waals surface area contributed by atoms with Crippen molar-refractivity contribution in [2.24, 2.45) is 17.8 Å². The number of fused-ring (bicyclic) bond motifs is 2. The average Bonchev–Trinajstić information content (AvgIpc) is 3.01. The third kappa shape index (κ3) is 2.89. The SMILES string of the molecule is CNCc1ccc(N(C)CC2CC3CCC2C3)c(Br)c1. The van der Waals surface area contributed by atoms with Crippen LogP contribution in [0.1, 0.15) is 31.2 Å². The highest BCUT2D eigenvalue weighted by Crippen LogP contribution is 2.48. The molecule has 0 heterocycles. The van der Waals surface area contributed by atoms with Crippen LogP contribution < -0.4 is 10.2 Å². The third-order valence-corrected chi connectivity index (χ3v) is 5.83. The fourth-order valence-electron chi connectivity index (χ4n) is 4.22. The minimum Gasteiger partial charge on any atom is -0.373 e. The fraction of sp³-hybridized carbons (Fsp3) is 0.647. The first-order valence-corrected chi connectivity index (χ1v) is 8.61. The van der Waals surface area contributed by atoms with Crippen LogP contribution in [0.5, 0.6) is 0 Å². The molecular weight excluding hydrogens is 312 g/mol. The molecule has 2 aliphatic rings. The van der Waals surface area contributed by atoms with Gasteiger partial charge in [-0.05, 0) is 77.7 Å². The van der Waals surface area contributed by atoms with Gasteiger partial charge in [-0.25, -0.2) is 0 Å². The zero-order valence-corrected chi connectivity index (χ0v) is 14.1. The van der Waals surface area contributed by atoms with E-state index in [9.17, 15) is 0 Å². The van der Waals surface area contributed by atoms with Crippen LogP contribution in [-0.4, -0.2) is 20.6 Å². The number of anilines is 1. The second-order valence-corrected chi connectivity index (χ2v) is 7.49. The van der Waals surface area contributed by atoms with Gasteiger partial charge in [-0.1, -0.05) is 12.5 Å². The lowest BCUT2D eigenvalue weighted by Crippen LogP contribution is -2.28. The molecule has 2 bridgehead atoms. The standard InChI is InChI=1S/C17H25BrN2/c1-19-10-13-4-6-17(16(18)9-13)20(2)11-15-8-12-3-5-14(15)7-12/h4,6,9,12,14-15,19H,3,5,7-8,10-11H2,1-2H3. The van der Waals surface area contributed by atoms with Gasteiger partial charge in [0.25, 0.3) is 0 Å². The highest BCUT2D eigenvalue weighted by molar-refractivity contribution is 9.10. The van der Waals surface area contributed by atoms with Gasteiger partial charge in [0.15, 0.2) is 0 Å². The zero-order chi connectivity index (χ0) is 14.1. The summed E-state index contributed by atoms with van der Waals surface area (Å²) in [5.41, 5.74) is 2.66. The number of hydrogen-bond acceptors (Lipinski definition) is 2. The summed E-state index contributed by atoms with van der Waals surface area (Å²) in [5, 5.41) is 3.20. The van der Waals surface area contributed by atoms with Gasteiger partial charge in [0, 0.05) is 24.6 Å². The summed E-state index contributed by atoms with van der Waals surface area (Å²) in [6.07, 6.45) is 5.93. The molecule has 110 valence electrons. The fourth-order valence-corrected chi connectivity index (χ4v) is 4.95. The Kier molecular flexibility index (Phi) is 4.37. The van der Waals surface area contributed by atoms with Gasteiger partial charge >= 0.3 is 0 Å². The summed E-state index contributed by atoms with van der Waals surface area (Å²) < 4.78 is 1.22. The number of rotatable bonds is 5. The van der Waals surface area contributed by atoms with Crippen molar-refractivity contribution < 1.29 is 0 Å². The van der Waals surface area contributed by atoms with Crippen LogP contribution in [0.15, 0.2) is 22.7 Å². The van der Waals surface area contributed by atoms with Gasteiger partial charge in [-0.2, -0.15) is 0 Å². The van der Waals surface area contributed by atoms with E-state index in [0.29, 0.717) is 0 Å². The molecule has 3 unspecified atom stereocenters. The molecule has 1 aromatic rings. The van der Waals surface area contributed by atoms with Gasteiger partial charge in [0.2, 0.25) is 0 Å². The van der Waals surface area contributed by atoms with Gasteiger partial charge in [-0.15, -0.1) is 0 Å². The second-order valence-electron chi connectivity index (χ2n) is 6.63. The van der Waals surface area contributed by atoms with Crippen molar-refractivity contribution in [3.05, 3.63) is 28.2 Å². The summed E-state index contributed by atoms with van der Waals surface area (Å²) in [6, 6.07) is 6.72. The van der Waals surface area contributed by atoms with Crippen LogP contribution in [0.25, 0.3) is 0 Å². The van der Waals surface area contributed by atoms with E-state index in [2.05, 4.69) is 51.4 Å². The van der Waals surface area contributed by atoms with Crippen LogP contribution >= 0.6 is 15.9 Å². The van der Waals surface area contributed by atoms with E-state index in [1.165, 1.54) is 48.0 Å². The number of benzene rings is 1. The van der Waals surface area contributed by atoms with Crippen molar-refractivity contribution in [1.82, 2.24) is 5.32 Å². The molecule has 3 rings (SSSR count). The first-order chi connectivity index (χ1) is 9.67. The van der Waals surface area contributed by atoms with E-state index >= 15 is 0 Å². The highest BCUT2D eigenvalue weighted by atomic mass is 79.9. The second kappa shape index (κ2) is 6.07. The molecule has 2 nitrogen and oxygen atoms in total.